The topological polar surface area (TPSA) is 141 Å². The quantitative estimate of drug-likeness (QED) is 0.379. The van der Waals surface area contributed by atoms with E-state index in [9.17, 15) is 14.4 Å². The number of ether oxygens (including phenoxy) is 3. The Morgan fingerprint density at radius 2 is 1.75 bits per heavy atom. The van der Waals surface area contributed by atoms with Gasteiger partial charge in [0.2, 0.25) is 0 Å². The maximum absolute atomic E-state index is 13.6. The number of hydrogen-bond acceptors (Lipinski definition) is 9. The minimum Gasteiger partial charge on any atom is -0.443 e. The van der Waals surface area contributed by atoms with Crippen LogP contribution >= 0.6 is 0 Å². The number of nitrogens with one attached hydrogen (secondary N) is 2. The molecule has 2 amide bonds. The van der Waals surface area contributed by atoms with Crippen LogP contribution < -0.4 is 21.1 Å². The summed E-state index contributed by atoms with van der Waals surface area (Å²) in [6.07, 6.45) is 8.83. The van der Waals surface area contributed by atoms with Gasteiger partial charge in [-0.15, -0.1) is 0 Å². The highest BCUT2D eigenvalue weighted by molar-refractivity contribution is 6.00. The molecule has 2 saturated carbocycles. The fraction of sp³-hybridized carbons (Fsp3) is 0.581. The Balaban J connectivity index is 1.49. The molecule has 2 N–H and O–H groups in total. The van der Waals surface area contributed by atoms with Crippen LogP contribution in [0.4, 0.5) is 22.1 Å². The third-order valence-corrected chi connectivity index (χ3v) is 8.37. The fourth-order valence-corrected chi connectivity index (χ4v) is 5.97. The van der Waals surface area contributed by atoms with Crippen molar-refractivity contribution in [2.45, 2.75) is 95.6 Å². The largest absolute Gasteiger partial charge is 0.443 e. The lowest BCUT2D eigenvalue weighted by molar-refractivity contribution is 0.0579. The number of pyridine rings is 1. The number of aromatic nitrogens is 4. The van der Waals surface area contributed by atoms with Crippen LogP contribution in [-0.4, -0.2) is 76.3 Å². The summed E-state index contributed by atoms with van der Waals surface area (Å²) in [4.78, 5) is 46.1. The molecular weight excluding hydrogens is 566 g/mol. The van der Waals surface area contributed by atoms with Crippen LogP contribution in [0.15, 0.2) is 35.4 Å². The highest BCUT2D eigenvalue weighted by Crippen LogP contribution is 2.30. The first-order chi connectivity index (χ1) is 21.0. The van der Waals surface area contributed by atoms with E-state index in [1.807, 2.05) is 6.07 Å². The molecule has 44 heavy (non-hydrogen) atoms. The first kappa shape index (κ1) is 31.5. The summed E-state index contributed by atoms with van der Waals surface area (Å²) in [5.41, 5.74) is -0.113. The normalized spacial score (nSPS) is 22.1. The minimum absolute atomic E-state index is 0.0330. The number of hydrogen-bond donors (Lipinski definition) is 2. The smallest absolute Gasteiger partial charge is 0.415 e. The maximum Gasteiger partial charge on any atom is 0.415 e. The van der Waals surface area contributed by atoms with Crippen molar-refractivity contribution in [3.8, 4) is 0 Å². The van der Waals surface area contributed by atoms with E-state index in [0.29, 0.717) is 11.5 Å². The zero-order chi connectivity index (χ0) is 31.6. The van der Waals surface area contributed by atoms with Crippen molar-refractivity contribution in [1.82, 2.24) is 24.5 Å². The van der Waals surface area contributed by atoms with Gasteiger partial charge in [0.05, 0.1) is 18.4 Å². The molecule has 2 aliphatic carbocycles. The maximum atomic E-state index is 13.6. The van der Waals surface area contributed by atoms with Gasteiger partial charge in [0.25, 0.3) is 11.5 Å². The van der Waals surface area contributed by atoms with Crippen molar-refractivity contribution >= 4 is 35.0 Å². The van der Waals surface area contributed by atoms with E-state index in [-0.39, 0.29) is 52.8 Å². The molecule has 13 heteroatoms. The van der Waals surface area contributed by atoms with Gasteiger partial charge in [-0.2, -0.15) is 9.61 Å². The Morgan fingerprint density at radius 1 is 1.05 bits per heavy atom. The Labute approximate surface area is 256 Å². The third kappa shape index (κ3) is 6.88. The molecule has 0 aromatic carbocycles. The molecular formula is C31H43N7O6. The van der Waals surface area contributed by atoms with Gasteiger partial charge in [-0.05, 0) is 77.8 Å². The molecule has 2 aliphatic rings. The van der Waals surface area contributed by atoms with Crippen LogP contribution in [0.5, 0.6) is 0 Å². The summed E-state index contributed by atoms with van der Waals surface area (Å²) in [5, 5.41) is 10.6. The first-order valence-corrected chi connectivity index (χ1v) is 15.2. The number of amides is 2. The van der Waals surface area contributed by atoms with Crippen LogP contribution in [0.2, 0.25) is 0 Å². The molecule has 1 unspecified atom stereocenters. The molecule has 13 nitrogen and oxygen atoms in total. The zero-order valence-electron chi connectivity index (χ0n) is 26.3. The Bertz CT molecular complexity index is 1550. The molecule has 2 atom stereocenters. The van der Waals surface area contributed by atoms with Crippen LogP contribution in [0.1, 0.15) is 82.1 Å². The number of carbonyl (C=O) groups excluding carboxylic acids is 2. The fourth-order valence-electron chi connectivity index (χ4n) is 5.97. The van der Waals surface area contributed by atoms with Gasteiger partial charge in [-0.1, -0.05) is 0 Å². The molecule has 3 aromatic rings. The van der Waals surface area contributed by atoms with Gasteiger partial charge < -0.3 is 29.4 Å². The molecule has 0 aliphatic heterocycles. The SMILES string of the molecule is COC1CCC(n2cccc(Nc3cc(N(C)C(=O)OC(C)(C)C)n4ncc(C(=O)NC5CC[C@@H](OC)C5)c4n3)c2=O)CC1. The number of fused-ring (bicyclic) bond motifs is 1. The van der Waals surface area contributed by atoms with E-state index in [2.05, 4.69) is 15.7 Å². The third-order valence-electron chi connectivity index (χ3n) is 8.37. The van der Waals surface area contributed by atoms with Gasteiger partial charge in [0.15, 0.2) is 5.65 Å². The molecule has 3 aromatic heterocycles. The van der Waals surface area contributed by atoms with Crippen molar-refractivity contribution in [2.75, 3.05) is 31.5 Å². The Kier molecular flexibility index (Phi) is 9.26. The van der Waals surface area contributed by atoms with E-state index in [1.54, 1.807) is 64.9 Å². The second-order valence-corrected chi connectivity index (χ2v) is 12.6. The van der Waals surface area contributed by atoms with Gasteiger partial charge in [0.1, 0.15) is 28.5 Å². The number of anilines is 3. The average Bonchev–Trinajstić information content (AvgIpc) is 3.63. The average molecular weight is 610 g/mol. The second-order valence-electron chi connectivity index (χ2n) is 12.6. The molecule has 0 bridgehead atoms. The number of methoxy groups -OCH3 is 2. The van der Waals surface area contributed by atoms with Gasteiger partial charge >= 0.3 is 6.09 Å². The van der Waals surface area contributed by atoms with Crippen molar-refractivity contribution in [1.29, 1.82) is 0 Å². The monoisotopic (exact) mass is 609 g/mol. The molecule has 3 heterocycles. The summed E-state index contributed by atoms with van der Waals surface area (Å²) in [7, 11) is 4.96. The van der Waals surface area contributed by atoms with Crippen LogP contribution in [0, 0.1) is 0 Å². The van der Waals surface area contributed by atoms with Gasteiger partial charge in [-0.25, -0.2) is 9.78 Å². The van der Waals surface area contributed by atoms with Crippen LogP contribution in [-0.2, 0) is 14.2 Å². The summed E-state index contributed by atoms with van der Waals surface area (Å²) in [6.45, 7) is 5.34. The predicted molar refractivity (Wildman–Crippen MR) is 166 cm³/mol. The molecule has 2 fully saturated rings. The van der Waals surface area contributed by atoms with E-state index in [0.717, 1.165) is 44.9 Å². The standard InChI is InChI=1S/C31H43N7O6/c1-31(2,3)44-30(41)36(4)26-17-25(34-24-8-7-15-37(29(24)40)20-10-13-21(42-5)14-11-20)35-27-23(18-32-38(26)27)28(39)33-19-9-12-22(16-19)43-6/h7-8,15,17-22H,9-14,16H2,1-6H3,(H,33,39)(H,34,35)/t19?,20?,21?,22-/m1/s1. The molecule has 238 valence electrons. The predicted octanol–water partition coefficient (Wildman–Crippen LogP) is 4.43. The van der Waals surface area contributed by atoms with Gasteiger partial charge in [0, 0.05) is 45.6 Å². The highest BCUT2D eigenvalue weighted by atomic mass is 16.6. The Morgan fingerprint density at radius 3 is 2.41 bits per heavy atom. The lowest BCUT2D eigenvalue weighted by Crippen LogP contribution is -2.35. The second kappa shape index (κ2) is 12.9. The summed E-state index contributed by atoms with van der Waals surface area (Å²) >= 11 is 0. The van der Waals surface area contributed by atoms with E-state index in [4.69, 9.17) is 19.2 Å². The van der Waals surface area contributed by atoms with Crippen molar-refractivity contribution in [3.63, 3.8) is 0 Å². The molecule has 0 saturated heterocycles. The minimum atomic E-state index is -0.730. The van der Waals surface area contributed by atoms with Gasteiger partial charge in [-0.3, -0.25) is 14.5 Å². The first-order valence-electron chi connectivity index (χ1n) is 15.2. The van der Waals surface area contributed by atoms with Crippen LogP contribution in [0.25, 0.3) is 5.65 Å². The lowest BCUT2D eigenvalue weighted by Gasteiger charge is -2.29. The number of nitrogens with zero attached hydrogens (tertiary/aromatic N) is 5. The van der Waals surface area contributed by atoms with E-state index < -0.39 is 11.7 Å². The number of rotatable bonds is 8. The summed E-state index contributed by atoms with van der Waals surface area (Å²) in [6, 6.07) is 5.16. The van der Waals surface area contributed by atoms with Crippen LogP contribution in [0.3, 0.4) is 0 Å². The summed E-state index contributed by atoms with van der Waals surface area (Å²) in [5.74, 6) is 0.252. The molecule has 0 radical (unpaired) electrons. The van der Waals surface area contributed by atoms with Crippen molar-refractivity contribution < 1.29 is 23.8 Å². The Hall–Kier alpha value is -3.97. The number of carbonyl (C=O) groups is 2. The molecule has 5 rings (SSSR count). The van der Waals surface area contributed by atoms with Crippen molar-refractivity contribution in [3.05, 3.63) is 46.5 Å². The highest BCUT2D eigenvalue weighted by Gasteiger charge is 2.29. The van der Waals surface area contributed by atoms with Crippen molar-refractivity contribution in [2.24, 2.45) is 0 Å². The van der Waals surface area contributed by atoms with E-state index in [1.165, 1.54) is 15.6 Å². The molecule has 0 spiro atoms. The lowest BCUT2D eigenvalue weighted by atomic mass is 9.92. The zero-order valence-corrected chi connectivity index (χ0v) is 26.3. The van der Waals surface area contributed by atoms with E-state index >= 15 is 0 Å². The summed E-state index contributed by atoms with van der Waals surface area (Å²) < 4.78 is 19.7.